The minimum Gasteiger partial charge on any atom is -0.438 e. The van der Waals surface area contributed by atoms with Gasteiger partial charge in [0.2, 0.25) is 11.6 Å². The maximum absolute atomic E-state index is 12.6. The summed E-state index contributed by atoms with van der Waals surface area (Å²) in [5.74, 6) is -0.216. The number of benzene rings is 1. The van der Waals surface area contributed by atoms with Crippen LogP contribution in [0.4, 0.5) is 8.78 Å². The zero-order valence-corrected chi connectivity index (χ0v) is 14.7. The summed E-state index contributed by atoms with van der Waals surface area (Å²) in [6.07, 6.45) is 2.07. The van der Waals surface area contributed by atoms with Crippen LogP contribution in [0.15, 0.2) is 33.5 Å². The Morgan fingerprint density at radius 3 is 2.86 bits per heavy atom. The average molecular weight is 386 g/mol. The van der Waals surface area contributed by atoms with Crippen LogP contribution in [0.2, 0.25) is 0 Å². The molecule has 5 rings (SSSR count). The normalized spacial score (nSPS) is 18.5. The lowest BCUT2D eigenvalue weighted by molar-refractivity contribution is 0.0907. The van der Waals surface area contributed by atoms with Crippen LogP contribution < -0.4 is 5.32 Å². The van der Waals surface area contributed by atoms with Crippen molar-refractivity contribution in [3.8, 4) is 11.4 Å². The molecular formula is C19H16F2N4O3. The van der Waals surface area contributed by atoms with E-state index in [1.807, 2.05) is 12.1 Å². The summed E-state index contributed by atoms with van der Waals surface area (Å²) in [6.45, 7) is 0. The molecule has 1 fully saturated rings. The lowest BCUT2D eigenvalue weighted by Crippen LogP contribution is -2.27. The molecule has 144 valence electrons. The summed E-state index contributed by atoms with van der Waals surface area (Å²) >= 11 is 0. The highest BCUT2D eigenvalue weighted by Gasteiger charge is 2.33. The summed E-state index contributed by atoms with van der Waals surface area (Å²) in [4.78, 5) is 20.5. The van der Waals surface area contributed by atoms with Crippen LogP contribution in [0.25, 0.3) is 11.4 Å². The topological polar surface area (TPSA) is 94.1 Å². The molecule has 0 bridgehead atoms. The zero-order valence-electron chi connectivity index (χ0n) is 14.7. The number of nitrogens with zero attached hydrogens (tertiary/aromatic N) is 3. The molecule has 0 radical (unpaired) electrons. The Balaban J connectivity index is 1.35. The fourth-order valence-electron chi connectivity index (χ4n) is 3.64. The molecule has 1 amide bonds. The fourth-order valence-corrected chi connectivity index (χ4v) is 3.64. The van der Waals surface area contributed by atoms with Gasteiger partial charge in [0.15, 0.2) is 6.39 Å². The highest BCUT2D eigenvalue weighted by atomic mass is 19.3. The second-order valence-corrected chi connectivity index (χ2v) is 7.08. The van der Waals surface area contributed by atoms with Crippen molar-refractivity contribution in [1.29, 1.82) is 0 Å². The Kier molecular flexibility index (Phi) is 3.96. The molecule has 0 saturated heterocycles. The molecule has 1 N–H and O–H groups in total. The molecule has 1 aromatic carbocycles. The predicted molar refractivity (Wildman–Crippen MR) is 91.7 cm³/mol. The summed E-state index contributed by atoms with van der Waals surface area (Å²) in [7, 11) is 0. The Morgan fingerprint density at radius 1 is 1.25 bits per heavy atom. The van der Waals surface area contributed by atoms with E-state index in [0.717, 1.165) is 42.5 Å². The number of nitrogens with one attached hydrogen (secondary N) is 1. The number of amides is 1. The van der Waals surface area contributed by atoms with Crippen LogP contribution in [0.1, 0.15) is 70.9 Å². The number of aryl methyl sites for hydroxylation is 1. The van der Waals surface area contributed by atoms with Crippen molar-refractivity contribution in [1.82, 2.24) is 20.4 Å². The first-order chi connectivity index (χ1) is 13.6. The third-order valence-corrected chi connectivity index (χ3v) is 5.18. The minimum absolute atomic E-state index is 0.126. The zero-order chi connectivity index (χ0) is 19.3. The van der Waals surface area contributed by atoms with E-state index in [2.05, 4.69) is 25.0 Å². The number of hydrogen-bond acceptors (Lipinski definition) is 6. The number of halogens is 2. The van der Waals surface area contributed by atoms with Crippen molar-refractivity contribution in [3.05, 3.63) is 53.1 Å². The standard InChI is InChI=1S/C19H16F2N4O3/c20-16(21)19-24-17(25-28-19)11-3-5-12-10(7-11)4-6-13(12)23-18(26)15-14(9-1-2-9)22-8-27-15/h3,5,7-9,13,16H,1-2,4,6H2,(H,23,26). The van der Waals surface area contributed by atoms with E-state index < -0.39 is 12.3 Å². The van der Waals surface area contributed by atoms with E-state index in [1.54, 1.807) is 6.07 Å². The lowest BCUT2D eigenvalue weighted by atomic mass is 10.0. The van der Waals surface area contributed by atoms with Gasteiger partial charge < -0.3 is 14.3 Å². The molecule has 2 aliphatic carbocycles. The van der Waals surface area contributed by atoms with Gasteiger partial charge in [-0.1, -0.05) is 17.3 Å². The first-order valence-corrected chi connectivity index (χ1v) is 9.09. The molecule has 7 nitrogen and oxygen atoms in total. The molecule has 28 heavy (non-hydrogen) atoms. The van der Waals surface area contributed by atoms with Crippen LogP contribution in [-0.4, -0.2) is 21.0 Å². The quantitative estimate of drug-likeness (QED) is 0.713. The van der Waals surface area contributed by atoms with Crippen LogP contribution in [0, 0.1) is 0 Å². The highest BCUT2D eigenvalue weighted by Crippen LogP contribution is 2.41. The number of carbonyl (C=O) groups is 1. The molecule has 2 aromatic heterocycles. The number of rotatable bonds is 5. The van der Waals surface area contributed by atoms with E-state index in [1.165, 1.54) is 6.39 Å². The van der Waals surface area contributed by atoms with Gasteiger partial charge in [-0.15, -0.1) is 0 Å². The van der Waals surface area contributed by atoms with Gasteiger partial charge >= 0.3 is 6.43 Å². The number of carbonyl (C=O) groups excluding carboxylic acids is 1. The van der Waals surface area contributed by atoms with Gasteiger partial charge in [0.05, 0.1) is 11.7 Å². The van der Waals surface area contributed by atoms with Gasteiger partial charge in [0.25, 0.3) is 11.8 Å². The van der Waals surface area contributed by atoms with Crippen molar-refractivity contribution in [3.63, 3.8) is 0 Å². The summed E-state index contributed by atoms with van der Waals surface area (Å²) in [5.41, 5.74) is 3.35. The summed E-state index contributed by atoms with van der Waals surface area (Å²) in [5, 5.41) is 6.63. The van der Waals surface area contributed by atoms with Crippen molar-refractivity contribution < 1.29 is 22.5 Å². The maximum atomic E-state index is 12.6. The second kappa shape index (κ2) is 6.50. The van der Waals surface area contributed by atoms with Crippen molar-refractivity contribution >= 4 is 5.91 Å². The number of hydrogen-bond donors (Lipinski definition) is 1. The van der Waals surface area contributed by atoms with Gasteiger partial charge in [-0.05, 0) is 42.9 Å². The molecule has 0 spiro atoms. The van der Waals surface area contributed by atoms with Crippen molar-refractivity contribution in [2.24, 2.45) is 0 Å². The Labute approximate surface area is 158 Å². The van der Waals surface area contributed by atoms with Gasteiger partial charge in [-0.2, -0.15) is 13.8 Å². The largest absolute Gasteiger partial charge is 0.438 e. The Hall–Kier alpha value is -3.10. The molecule has 1 atom stereocenters. The van der Waals surface area contributed by atoms with E-state index in [-0.39, 0.29) is 17.8 Å². The molecule has 2 aliphatic rings. The number of oxazole rings is 1. The lowest BCUT2D eigenvalue weighted by Gasteiger charge is -2.13. The van der Waals surface area contributed by atoms with Crippen LogP contribution >= 0.6 is 0 Å². The molecule has 9 heteroatoms. The second-order valence-electron chi connectivity index (χ2n) is 7.08. The third kappa shape index (κ3) is 2.96. The van der Waals surface area contributed by atoms with Gasteiger partial charge in [-0.3, -0.25) is 4.79 Å². The fraction of sp³-hybridized carbons (Fsp3) is 0.368. The molecule has 0 aliphatic heterocycles. The molecular weight excluding hydrogens is 370 g/mol. The van der Waals surface area contributed by atoms with Crippen LogP contribution in [-0.2, 0) is 6.42 Å². The SMILES string of the molecule is O=C(NC1CCc2cc(-c3noc(C(F)F)n3)ccc21)c1ocnc1C1CC1. The van der Waals surface area contributed by atoms with E-state index in [9.17, 15) is 13.6 Å². The van der Waals surface area contributed by atoms with Crippen molar-refractivity contribution in [2.75, 3.05) is 0 Å². The van der Waals surface area contributed by atoms with Gasteiger partial charge in [0, 0.05) is 11.5 Å². The minimum atomic E-state index is -2.80. The first kappa shape index (κ1) is 17.0. The summed E-state index contributed by atoms with van der Waals surface area (Å²) < 4.78 is 35.2. The summed E-state index contributed by atoms with van der Waals surface area (Å²) in [6, 6.07) is 5.32. The first-order valence-electron chi connectivity index (χ1n) is 9.09. The predicted octanol–water partition coefficient (Wildman–Crippen LogP) is 3.96. The van der Waals surface area contributed by atoms with E-state index in [4.69, 9.17) is 4.42 Å². The van der Waals surface area contributed by atoms with Crippen LogP contribution in [0.5, 0.6) is 0 Å². The monoisotopic (exact) mass is 386 g/mol. The molecule has 3 aromatic rings. The van der Waals surface area contributed by atoms with Crippen molar-refractivity contribution in [2.45, 2.75) is 44.1 Å². The van der Waals surface area contributed by atoms with E-state index >= 15 is 0 Å². The molecule has 1 unspecified atom stereocenters. The highest BCUT2D eigenvalue weighted by molar-refractivity contribution is 5.93. The van der Waals surface area contributed by atoms with E-state index in [0.29, 0.717) is 17.2 Å². The van der Waals surface area contributed by atoms with Gasteiger partial charge in [-0.25, -0.2) is 4.98 Å². The number of alkyl halides is 2. The van der Waals surface area contributed by atoms with Crippen LogP contribution in [0.3, 0.4) is 0 Å². The average Bonchev–Trinajstić information content (AvgIpc) is 3.12. The Morgan fingerprint density at radius 2 is 2.11 bits per heavy atom. The number of fused-ring (bicyclic) bond motifs is 1. The molecule has 2 heterocycles. The smallest absolute Gasteiger partial charge is 0.315 e. The maximum Gasteiger partial charge on any atom is 0.315 e. The Bertz CT molecular complexity index is 1040. The molecule has 1 saturated carbocycles. The third-order valence-electron chi connectivity index (χ3n) is 5.18. The number of aromatic nitrogens is 3. The van der Waals surface area contributed by atoms with Gasteiger partial charge in [0.1, 0.15) is 0 Å².